The van der Waals surface area contributed by atoms with Gasteiger partial charge in [0.25, 0.3) is 0 Å². The van der Waals surface area contributed by atoms with E-state index in [1.165, 1.54) is 64.3 Å². The third kappa shape index (κ3) is 7.49. The normalized spacial score (nSPS) is 14.9. The fourth-order valence-corrected chi connectivity index (χ4v) is 2.59. The first-order chi connectivity index (χ1) is 9.24. The van der Waals surface area contributed by atoms with E-state index in [-0.39, 0.29) is 0 Å². The van der Waals surface area contributed by atoms with Gasteiger partial charge in [-0.3, -0.25) is 0 Å². The Morgan fingerprint density at radius 3 is 1.95 bits per heavy atom. The zero-order chi connectivity index (χ0) is 13.9. The van der Waals surface area contributed by atoms with E-state index in [1.807, 2.05) is 0 Å². The molecule has 0 radical (unpaired) electrons. The minimum atomic E-state index is 0.629. The molecule has 112 valence electrons. The molecule has 0 aromatic rings. The first kappa shape index (κ1) is 16.4. The molecule has 0 fully saturated rings. The van der Waals surface area contributed by atoms with Gasteiger partial charge in [0.1, 0.15) is 0 Å². The third-order valence-electron chi connectivity index (χ3n) is 4.03. The molecule has 2 nitrogen and oxygen atoms in total. The molecule has 0 saturated carbocycles. The summed E-state index contributed by atoms with van der Waals surface area (Å²) in [4.78, 5) is 4.84. The molecular formula is C17H34N2. The lowest BCUT2D eigenvalue weighted by molar-refractivity contribution is 0.228. The van der Waals surface area contributed by atoms with Crippen molar-refractivity contribution < 1.29 is 0 Å². The fourth-order valence-electron chi connectivity index (χ4n) is 2.59. The molecule has 0 atom stereocenters. The summed E-state index contributed by atoms with van der Waals surface area (Å²) in [6, 6.07) is 0.629. The summed E-state index contributed by atoms with van der Waals surface area (Å²) in [6.45, 7) is 9.12. The van der Waals surface area contributed by atoms with Crippen molar-refractivity contribution >= 4 is 0 Å². The summed E-state index contributed by atoms with van der Waals surface area (Å²) < 4.78 is 0. The van der Waals surface area contributed by atoms with Gasteiger partial charge in [0, 0.05) is 25.0 Å². The largest absolute Gasteiger partial charge is 0.359 e. The average molecular weight is 266 g/mol. The van der Waals surface area contributed by atoms with Crippen LogP contribution in [0.25, 0.3) is 0 Å². The molecule has 1 rings (SSSR count). The van der Waals surface area contributed by atoms with E-state index in [4.69, 9.17) is 0 Å². The predicted octanol–water partition coefficient (Wildman–Crippen LogP) is 4.97. The SMILES string of the molecule is CCCCCCCCCCCN1C=CN(C(C)C)C1. The quantitative estimate of drug-likeness (QED) is 0.487. The summed E-state index contributed by atoms with van der Waals surface area (Å²) in [5.74, 6) is 0. The van der Waals surface area contributed by atoms with Crippen LogP contribution >= 0.6 is 0 Å². The van der Waals surface area contributed by atoms with Crippen LogP contribution in [0.4, 0.5) is 0 Å². The van der Waals surface area contributed by atoms with Gasteiger partial charge >= 0.3 is 0 Å². The summed E-state index contributed by atoms with van der Waals surface area (Å²) in [5.41, 5.74) is 0. The molecule has 0 aromatic heterocycles. The van der Waals surface area contributed by atoms with Crippen LogP contribution in [-0.2, 0) is 0 Å². The molecule has 0 amide bonds. The Kier molecular flexibility index (Phi) is 8.77. The van der Waals surface area contributed by atoms with Gasteiger partial charge in [0.15, 0.2) is 0 Å². The van der Waals surface area contributed by atoms with Crippen molar-refractivity contribution in [1.82, 2.24) is 9.80 Å². The van der Waals surface area contributed by atoms with E-state index >= 15 is 0 Å². The monoisotopic (exact) mass is 266 g/mol. The predicted molar refractivity (Wildman–Crippen MR) is 84.9 cm³/mol. The molecule has 1 aliphatic rings. The highest BCUT2D eigenvalue weighted by Crippen LogP contribution is 2.13. The molecule has 1 heterocycles. The first-order valence-electron chi connectivity index (χ1n) is 8.42. The van der Waals surface area contributed by atoms with Crippen molar-refractivity contribution in [3.05, 3.63) is 12.4 Å². The van der Waals surface area contributed by atoms with Crippen LogP contribution in [0, 0.1) is 0 Å². The Morgan fingerprint density at radius 1 is 0.842 bits per heavy atom. The molecule has 0 bridgehead atoms. The lowest BCUT2D eigenvalue weighted by Crippen LogP contribution is -2.30. The molecule has 0 unspecified atom stereocenters. The molecule has 2 heteroatoms. The summed E-state index contributed by atoms with van der Waals surface area (Å²) in [6.07, 6.45) is 17.2. The second kappa shape index (κ2) is 10.2. The van der Waals surface area contributed by atoms with Crippen molar-refractivity contribution in [2.75, 3.05) is 13.2 Å². The maximum Gasteiger partial charge on any atom is 0.0896 e. The van der Waals surface area contributed by atoms with Crippen LogP contribution in [-0.4, -0.2) is 29.1 Å². The van der Waals surface area contributed by atoms with Crippen molar-refractivity contribution in [3.63, 3.8) is 0 Å². The summed E-state index contributed by atoms with van der Waals surface area (Å²) in [7, 11) is 0. The van der Waals surface area contributed by atoms with Gasteiger partial charge in [-0.25, -0.2) is 0 Å². The highest BCUT2D eigenvalue weighted by molar-refractivity contribution is 4.91. The van der Waals surface area contributed by atoms with Gasteiger partial charge in [0.2, 0.25) is 0 Å². The minimum absolute atomic E-state index is 0.629. The molecule has 0 aromatic carbocycles. The van der Waals surface area contributed by atoms with Gasteiger partial charge in [-0.2, -0.15) is 0 Å². The number of rotatable bonds is 11. The van der Waals surface area contributed by atoms with E-state index < -0.39 is 0 Å². The Labute approximate surface area is 120 Å². The Balaban J connectivity index is 1.86. The van der Waals surface area contributed by atoms with Gasteiger partial charge in [-0.1, -0.05) is 58.3 Å². The molecular weight excluding hydrogens is 232 g/mol. The Hall–Kier alpha value is -0.660. The van der Waals surface area contributed by atoms with Gasteiger partial charge in [0.05, 0.1) is 6.67 Å². The highest BCUT2D eigenvalue weighted by atomic mass is 15.3. The second-order valence-corrected chi connectivity index (χ2v) is 6.19. The smallest absolute Gasteiger partial charge is 0.0896 e. The van der Waals surface area contributed by atoms with Crippen LogP contribution in [0.1, 0.15) is 78.6 Å². The number of nitrogens with zero attached hydrogens (tertiary/aromatic N) is 2. The van der Waals surface area contributed by atoms with Crippen molar-refractivity contribution in [1.29, 1.82) is 0 Å². The van der Waals surface area contributed by atoms with Crippen LogP contribution in [0.3, 0.4) is 0 Å². The summed E-state index contributed by atoms with van der Waals surface area (Å²) >= 11 is 0. The number of unbranched alkanes of at least 4 members (excludes halogenated alkanes) is 8. The number of hydrogen-bond donors (Lipinski definition) is 0. The van der Waals surface area contributed by atoms with Crippen LogP contribution < -0.4 is 0 Å². The zero-order valence-electron chi connectivity index (χ0n) is 13.4. The Bertz CT molecular complexity index is 235. The average Bonchev–Trinajstić information content (AvgIpc) is 2.86. The lowest BCUT2D eigenvalue weighted by Gasteiger charge is -2.24. The molecule has 1 aliphatic heterocycles. The zero-order valence-corrected chi connectivity index (χ0v) is 13.4. The third-order valence-corrected chi connectivity index (χ3v) is 4.03. The molecule has 19 heavy (non-hydrogen) atoms. The highest BCUT2D eigenvalue weighted by Gasteiger charge is 2.13. The van der Waals surface area contributed by atoms with Gasteiger partial charge in [-0.05, 0) is 20.3 Å². The van der Waals surface area contributed by atoms with Crippen LogP contribution in [0.15, 0.2) is 12.4 Å². The van der Waals surface area contributed by atoms with Crippen molar-refractivity contribution in [2.24, 2.45) is 0 Å². The Morgan fingerprint density at radius 2 is 1.42 bits per heavy atom. The first-order valence-corrected chi connectivity index (χ1v) is 8.42. The fraction of sp³-hybridized carbons (Fsp3) is 0.882. The van der Waals surface area contributed by atoms with Gasteiger partial charge < -0.3 is 9.80 Å². The molecule has 0 spiro atoms. The standard InChI is InChI=1S/C17H34N2/c1-4-5-6-7-8-9-10-11-12-13-18-14-15-19(16-18)17(2)3/h14-15,17H,4-13,16H2,1-3H3. The van der Waals surface area contributed by atoms with Gasteiger partial charge in [-0.15, -0.1) is 0 Å². The second-order valence-electron chi connectivity index (χ2n) is 6.19. The van der Waals surface area contributed by atoms with E-state index in [2.05, 4.69) is 43.0 Å². The van der Waals surface area contributed by atoms with Crippen molar-refractivity contribution in [3.8, 4) is 0 Å². The summed E-state index contributed by atoms with van der Waals surface area (Å²) in [5, 5.41) is 0. The maximum absolute atomic E-state index is 2.45. The van der Waals surface area contributed by atoms with E-state index in [9.17, 15) is 0 Å². The van der Waals surface area contributed by atoms with Crippen LogP contribution in [0.2, 0.25) is 0 Å². The van der Waals surface area contributed by atoms with Crippen LogP contribution in [0.5, 0.6) is 0 Å². The minimum Gasteiger partial charge on any atom is -0.359 e. The van der Waals surface area contributed by atoms with E-state index in [0.717, 1.165) is 6.67 Å². The molecule has 0 aliphatic carbocycles. The molecule has 0 N–H and O–H groups in total. The maximum atomic E-state index is 2.45. The van der Waals surface area contributed by atoms with E-state index in [1.54, 1.807) is 0 Å². The lowest BCUT2D eigenvalue weighted by atomic mass is 10.1. The van der Waals surface area contributed by atoms with E-state index in [0.29, 0.717) is 6.04 Å². The number of hydrogen-bond acceptors (Lipinski definition) is 2. The van der Waals surface area contributed by atoms with Crippen molar-refractivity contribution in [2.45, 2.75) is 84.6 Å². The molecule has 0 saturated heterocycles. The topological polar surface area (TPSA) is 6.48 Å².